The lowest BCUT2D eigenvalue weighted by Gasteiger charge is -2.47. The van der Waals surface area contributed by atoms with Crippen molar-refractivity contribution in [3.8, 4) is 0 Å². The summed E-state index contributed by atoms with van der Waals surface area (Å²) in [7, 11) is 3.42. The number of methoxy groups -OCH3 is 2. The largest absolute Gasteiger partial charge is 0.391 e. The van der Waals surface area contributed by atoms with Gasteiger partial charge in [0.2, 0.25) is 0 Å². The summed E-state index contributed by atoms with van der Waals surface area (Å²) in [5.41, 5.74) is 0.241. The third kappa shape index (κ3) is 0.923. The molecule has 3 rings (SSSR count). The van der Waals surface area contributed by atoms with Gasteiger partial charge in [0, 0.05) is 37.9 Å². The van der Waals surface area contributed by atoms with Crippen LogP contribution in [0.25, 0.3) is 0 Å². The van der Waals surface area contributed by atoms with E-state index in [1.807, 2.05) is 0 Å². The zero-order valence-corrected chi connectivity index (χ0v) is 9.40. The van der Waals surface area contributed by atoms with E-state index >= 15 is 0 Å². The normalized spacial score (nSPS) is 57.2. The van der Waals surface area contributed by atoms with Gasteiger partial charge in [0.15, 0.2) is 5.79 Å². The molecule has 0 spiro atoms. The molecule has 1 aliphatic heterocycles. The predicted octanol–water partition coefficient (Wildman–Crippen LogP) is 0.391. The molecule has 0 bridgehead atoms. The summed E-state index contributed by atoms with van der Waals surface area (Å²) >= 11 is 0. The monoisotopic (exact) mass is 214 g/mol. The Balaban J connectivity index is 1.82. The van der Waals surface area contributed by atoms with Gasteiger partial charge in [-0.3, -0.25) is 0 Å². The van der Waals surface area contributed by atoms with E-state index in [4.69, 9.17) is 14.2 Å². The van der Waals surface area contributed by atoms with Crippen LogP contribution in [0.15, 0.2) is 0 Å². The quantitative estimate of drug-likeness (QED) is 0.735. The highest BCUT2D eigenvalue weighted by Crippen LogP contribution is 2.83. The van der Waals surface area contributed by atoms with Crippen molar-refractivity contribution in [2.24, 2.45) is 17.3 Å². The van der Waals surface area contributed by atoms with Crippen molar-refractivity contribution < 1.29 is 19.3 Å². The average Bonchev–Trinajstić information content (AvgIpc) is 2.60. The Kier molecular flexibility index (Phi) is 1.83. The van der Waals surface area contributed by atoms with Gasteiger partial charge in [-0.1, -0.05) is 0 Å². The third-order valence-electron chi connectivity index (χ3n) is 4.51. The first-order valence-electron chi connectivity index (χ1n) is 5.51. The molecule has 4 nitrogen and oxygen atoms in total. The fourth-order valence-electron chi connectivity index (χ4n) is 3.99. The van der Waals surface area contributed by atoms with Crippen molar-refractivity contribution in [3.63, 3.8) is 0 Å². The number of aliphatic hydroxyl groups excluding tert-OH is 1. The van der Waals surface area contributed by atoms with Gasteiger partial charge in [-0.05, 0) is 6.92 Å². The molecule has 6 atom stereocenters. The van der Waals surface area contributed by atoms with E-state index in [1.165, 1.54) is 0 Å². The summed E-state index contributed by atoms with van der Waals surface area (Å²) in [6.07, 6.45) is 0.426. The Bertz CT molecular complexity index is 292. The van der Waals surface area contributed by atoms with Gasteiger partial charge in [0.25, 0.3) is 0 Å². The van der Waals surface area contributed by atoms with E-state index in [2.05, 4.69) is 0 Å². The number of ether oxygens (including phenoxy) is 3. The van der Waals surface area contributed by atoms with Crippen LogP contribution in [0.5, 0.6) is 0 Å². The number of fused-ring (bicyclic) bond motifs is 1. The van der Waals surface area contributed by atoms with Gasteiger partial charge in [0.05, 0.1) is 18.8 Å². The van der Waals surface area contributed by atoms with Crippen molar-refractivity contribution in [2.45, 2.75) is 31.3 Å². The number of aliphatic hydroxyl groups is 1. The Hall–Kier alpha value is -0.160. The van der Waals surface area contributed by atoms with Gasteiger partial charge < -0.3 is 19.3 Å². The molecule has 0 radical (unpaired) electrons. The number of hydrogen-bond donors (Lipinski definition) is 1. The van der Waals surface area contributed by atoms with Gasteiger partial charge in [-0.2, -0.15) is 0 Å². The van der Waals surface area contributed by atoms with Crippen LogP contribution in [0.2, 0.25) is 0 Å². The topological polar surface area (TPSA) is 47.9 Å². The summed E-state index contributed by atoms with van der Waals surface area (Å²) in [6.45, 7) is 2.55. The van der Waals surface area contributed by atoms with Crippen LogP contribution in [0.4, 0.5) is 0 Å². The molecule has 1 heterocycles. The minimum absolute atomic E-state index is 0.0705. The van der Waals surface area contributed by atoms with E-state index < -0.39 is 11.9 Å². The minimum Gasteiger partial charge on any atom is -0.391 e. The molecule has 3 aliphatic rings. The Morgan fingerprint density at radius 1 is 1.53 bits per heavy atom. The van der Waals surface area contributed by atoms with Crippen LogP contribution in [0.1, 0.15) is 13.3 Å². The van der Waals surface area contributed by atoms with Gasteiger partial charge in [-0.15, -0.1) is 0 Å². The van der Waals surface area contributed by atoms with Gasteiger partial charge in [-0.25, -0.2) is 0 Å². The first kappa shape index (κ1) is 10.0. The number of rotatable bonds is 4. The lowest BCUT2D eigenvalue weighted by atomic mass is 9.77. The molecule has 4 heteroatoms. The lowest BCUT2D eigenvalue weighted by molar-refractivity contribution is -0.315. The highest BCUT2D eigenvalue weighted by molar-refractivity contribution is 5.32. The molecule has 0 aromatic carbocycles. The average molecular weight is 214 g/mol. The van der Waals surface area contributed by atoms with Crippen molar-refractivity contribution >= 4 is 0 Å². The molecular formula is C11H18O4. The molecular weight excluding hydrogens is 196 g/mol. The van der Waals surface area contributed by atoms with Crippen LogP contribution in [0, 0.1) is 17.3 Å². The Labute approximate surface area is 89.5 Å². The van der Waals surface area contributed by atoms with Crippen LogP contribution in [-0.2, 0) is 14.2 Å². The van der Waals surface area contributed by atoms with Crippen molar-refractivity contribution in [3.05, 3.63) is 0 Å². The molecule has 1 saturated heterocycles. The summed E-state index contributed by atoms with van der Waals surface area (Å²) < 4.78 is 16.6. The van der Waals surface area contributed by atoms with Gasteiger partial charge >= 0.3 is 0 Å². The molecule has 2 aliphatic carbocycles. The smallest absolute Gasteiger partial charge is 0.172 e. The van der Waals surface area contributed by atoms with Crippen LogP contribution in [-0.4, -0.2) is 43.9 Å². The first-order valence-corrected chi connectivity index (χ1v) is 5.51. The highest BCUT2D eigenvalue weighted by Gasteiger charge is 2.89. The summed E-state index contributed by atoms with van der Waals surface area (Å²) in [6, 6.07) is 0. The fourth-order valence-corrected chi connectivity index (χ4v) is 3.99. The Morgan fingerprint density at radius 3 is 2.80 bits per heavy atom. The molecule has 1 N–H and O–H groups in total. The lowest BCUT2D eigenvalue weighted by Crippen LogP contribution is -2.54. The first-order chi connectivity index (χ1) is 7.11. The zero-order valence-electron chi connectivity index (χ0n) is 9.40. The zero-order chi connectivity index (χ0) is 10.8. The SMILES string of the molecule is COCC12CC3(OC)OC(C(C)O)C1C32. The molecule has 0 amide bonds. The number of hydrogen-bond acceptors (Lipinski definition) is 4. The molecule has 86 valence electrons. The standard InChI is InChI=1S/C11H18O4/c1-6(12)8-7-9-10(7,5-13-2)4-11(9,14-3)15-8/h6-9,12H,4-5H2,1-3H3. The van der Waals surface area contributed by atoms with Crippen LogP contribution >= 0.6 is 0 Å². The molecule has 3 fully saturated rings. The van der Waals surface area contributed by atoms with E-state index in [9.17, 15) is 5.11 Å². The van der Waals surface area contributed by atoms with Crippen molar-refractivity contribution in [2.75, 3.05) is 20.8 Å². The third-order valence-corrected chi connectivity index (χ3v) is 4.51. The molecule has 0 aromatic heterocycles. The maximum Gasteiger partial charge on any atom is 0.172 e. The molecule has 6 unspecified atom stereocenters. The summed E-state index contributed by atoms with van der Waals surface area (Å²) in [5, 5.41) is 9.66. The second kappa shape index (κ2) is 2.74. The summed E-state index contributed by atoms with van der Waals surface area (Å²) in [4.78, 5) is 0. The van der Waals surface area contributed by atoms with E-state index in [0.717, 1.165) is 13.0 Å². The van der Waals surface area contributed by atoms with Gasteiger partial charge in [0.1, 0.15) is 0 Å². The molecule has 15 heavy (non-hydrogen) atoms. The fraction of sp³-hybridized carbons (Fsp3) is 1.00. The molecule has 2 saturated carbocycles. The maximum absolute atomic E-state index is 9.66. The van der Waals surface area contributed by atoms with Crippen molar-refractivity contribution in [1.29, 1.82) is 0 Å². The van der Waals surface area contributed by atoms with Crippen LogP contribution < -0.4 is 0 Å². The summed E-state index contributed by atoms with van der Waals surface area (Å²) in [5.74, 6) is 0.456. The second-order valence-electron chi connectivity index (χ2n) is 5.19. The maximum atomic E-state index is 9.66. The predicted molar refractivity (Wildman–Crippen MR) is 52.2 cm³/mol. The van der Waals surface area contributed by atoms with E-state index in [1.54, 1.807) is 21.1 Å². The second-order valence-corrected chi connectivity index (χ2v) is 5.19. The molecule has 0 aromatic rings. The van der Waals surface area contributed by atoms with Crippen molar-refractivity contribution in [1.82, 2.24) is 0 Å². The van der Waals surface area contributed by atoms with E-state index in [-0.39, 0.29) is 11.5 Å². The van der Waals surface area contributed by atoms with Crippen LogP contribution in [0.3, 0.4) is 0 Å². The Morgan fingerprint density at radius 2 is 2.27 bits per heavy atom. The minimum atomic E-state index is -0.423. The highest BCUT2D eigenvalue weighted by atomic mass is 16.7. The van der Waals surface area contributed by atoms with E-state index in [0.29, 0.717) is 11.8 Å².